The Bertz CT molecular complexity index is 584. The summed E-state index contributed by atoms with van der Waals surface area (Å²) in [5, 5.41) is 16.5. The first-order valence-corrected chi connectivity index (χ1v) is 6.59. The van der Waals surface area contributed by atoms with Crippen molar-refractivity contribution in [2.75, 3.05) is 11.9 Å². The number of benzene rings is 1. The van der Waals surface area contributed by atoms with E-state index in [0.29, 0.717) is 0 Å². The number of nitrogens with zero attached hydrogens (tertiary/aromatic N) is 1. The van der Waals surface area contributed by atoms with Crippen molar-refractivity contribution in [3.05, 3.63) is 33.9 Å². The van der Waals surface area contributed by atoms with Crippen molar-refractivity contribution < 1.29 is 14.5 Å². The monoisotopic (exact) mass is 292 g/mol. The molecule has 4 N–H and O–H groups in total. The molecule has 0 heterocycles. The number of nitrogens with one attached hydrogen (secondary N) is 2. The smallest absolute Gasteiger partial charge is 0.292 e. The third kappa shape index (κ3) is 4.16. The van der Waals surface area contributed by atoms with Crippen LogP contribution in [0.1, 0.15) is 29.6 Å². The Morgan fingerprint density at radius 1 is 1.38 bits per heavy atom. The molecule has 2 amide bonds. The van der Waals surface area contributed by atoms with Crippen molar-refractivity contribution >= 4 is 23.2 Å². The number of carbonyl (C=O) groups is 2. The van der Waals surface area contributed by atoms with Crippen LogP contribution in [0, 0.1) is 10.1 Å². The first kappa shape index (κ1) is 14.8. The summed E-state index contributed by atoms with van der Waals surface area (Å²) in [4.78, 5) is 33.0. The maximum Gasteiger partial charge on any atom is 0.292 e. The van der Waals surface area contributed by atoms with Gasteiger partial charge in [-0.25, -0.2) is 0 Å². The summed E-state index contributed by atoms with van der Waals surface area (Å²) < 4.78 is 0. The minimum atomic E-state index is -0.667. The van der Waals surface area contributed by atoms with Gasteiger partial charge in [0.25, 0.3) is 5.69 Å². The zero-order valence-electron chi connectivity index (χ0n) is 11.3. The summed E-state index contributed by atoms with van der Waals surface area (Å²) in [5.74, 6) is -0.766. The molecule has 2 rings (SSSR count). The second-order valence-corrected chi connectivity index (χ2v) is 4.87. The molecule has 8 nitrogen and oxygen atoms in total. The highest BCUT2D eigenvalue weighted by atomic mass is 16.6. The molecule has 1 aliphatic rings. The number of carbonyl (C=O) groups excluding carboxylic acids is 2. The van der Waals surface area contributed by atoms with Crippen molar-refractivity contribution in [1.82, 2.24) is 5.32 Å². The highest BCUT2D eigenvalue weighted by Crippen LogP contribution is 2.25. The second kappa shape index (κ2) is 6.21. The lowest BCUT2D eigenvalue weighted by Crippen LogP contribution is -2.27. The van der Waals surface area contributed by atoms with Gasteiger partial charge in [-0.15, -0.1) is 0 Å². The van der Waals surface area contributed by atoms with E-state index in [4.69, 9.17) is 5.73 Å². The lowest BCUT2D eigenvalue weighted by Gasteiger charge is -2.08. The predicted octanol–water partition coefficient (Wildman–Crippen LogP) is 0.774. The van der Waals surface area contributed by atoms with E-state index < -0.39 is 10.8 Å². The van der Waals surface area contributed by atoms with Crippen LogP contribution >= 0.6 is 0 Å². The molecule has 0 bridgehead atoms. The lowest BCUT2D eigenvalue weighted by atomic mass is 10.1. The van der Waals surface area contributed by atoms with Gasteiger partial charge in [-0.3, -0.25) is 19.7 Å². The summed E-state index contributed by atoms with van der Waals surface area (Å²) in [5.41, 5.74) is 5.33. The van der Waals surface area contributed by atoms with E-state index in [1.807, 2.05) is 0 Å². The molecule has 0 atom stereocenters. The molecule has 0 aromatic heterocycles. The lowest BCUT2D eigenvalue weighted by molar-refractivity contribution is -0.384. The average molecular weight is 292 g/mol. The van der Waals surface area contributed by atoms with Gasteiger partial charge in [-0.1, -0.05) is 0 Å². The van der Waals surface area contributed by atoms with Crippen molar-refractivity contribution in [2.45, 2.75) is 25.3 Å². The maximum absolute atomic E-state index is 11.5. The fourth-order valence-corrected chi connectivity index (χ4v) is 1.83. The summed E-state index contributed by atoms with van der Waals surface area (Å²) in [7, 11) is 0. The Morgan fingerprint density at radius 2 is 2.10 bits per heavy atom. The van der Waals surface area contributed by atoms with Crippen molar-refractivity contribution in [3.63, 3.8) is 0 Å². The number of hydrogen-bond donors (Lipinski definition) is 3. The Morgan fingerprint density at radius 3 is 2.67 bits per heavy atom. The van der Waals surface area contributed by atoms with Crippen molar-refractivity contribution in [3.8, 4) is 0 Å². The fraction of sp³-hybridized carbons (Fsp3) is 0.385. The maximum atomic E-state index is 11.5. The average Bonchev–Trinajstić information content (AvgIpc) is 3.22. The third-order valence-electron chi connectivity index (χ3n) is 3.09. The van der Waals surface area contributed by atoms with Crippen molar-refractivity contribution in [1.29, 1.82) is 0 Å². The molecule has 112 valence electrons. The van der Waals surface area contributed by atoms with Crippen LogP contribution in [0.15, 0.2) is 18.2 Å². The van der Waals surface area contributed by atoms with Crippen LogP contribution in [0.25, 0.3) is 0 Å². The molecule has 1 aliphatic carbocycles. The van der Waals surface area contributed by atoms with Gasteiger partial charge in [0.05, 0.1) is 4.92 Å². The van der Waals surface area contributed by atoms with Gasteiger partial charge >= 0.3 is 0 Å². The molecular weight excluding hydrogens is 276 g/mol. The Balaban J connectivity index is 1.98. The molecule has 1 aromatic rings. The SMILES string of the molecule is NC(=O)c1ccc([N+](=O)[O-])c(NCCC(=O)NC2CC2)c1. The van der Waals surface area contributed by atoms with Crippen molar-refractivity contribution in [2.24, 2.45) is 5.73 Å². The van der Waals surface area contributed by atoms with Crippen LogP contribution in [0.4, 0.5) is 11.4 Å². The van der Waals surface area contributed by atoms with Gasteiger partial charge in [0.2, 0.25) is 11.8 Å². The summed E-state index contributed by atoms with van der Waals surface area (Å²) in [6.45, 7) is 0.238. The molecule has 1 fully saturated rings. The third-order valence-corrected chi connectivity index (χ3v) is 3.09. The molecule has 1 aromatic carbocycles. The Hall–Kier alpha value is -2.64. The van der Waals surface area contributed by atoms with Crippen LogP contribution in [-0.2, 0) is 4.79 Å². The Labute approximate surface area is 120 Å². The topological polar surface area (TPSA) is 127 Å². The normalized spacial score (nSPS) is 13.5. The van der Waals surface area contributed by atoms with E-state index in [1.165, 1.54) is 18.2 Å². The molecule has 8 heteroatoms. The minimum absolute atomic E-state index is 0.0984. The number of primary amides is 1. The van der Waals surface area contributed by atoms with E-state index in [0.717, 1.165) is 12.8 Å². The van der Waals surface area contributed by atoms with Crippen LogP contribution in [0.3, 0.4) is 0 Å². The molecule has 1 saturated carbocycles. The van der Waals surface area contributed by atoms with E-state index in [2.05, 4.69) is 10.6 Å². The van der Waals surface area contributed by atoms with Gasteiger partial charge in [-0.2, -0.15) is 0 Å². The van der Waals surface area contributed by atoms with E-state index >= 15 is 0 Å². The highest BCUT2D eigenvalue weighted by molar-refractivity contribution is 5.94. The number of rotatable bonds is 7. The number of anilines is 1. The van der Waals surface area contributed by atoms with Crippen LogP contribution in [-0.4, -0.2) is 29.3 Å². The van der Waals surface area contributed by atoms with Crippen LogP contribution in [0.5, 0.6) is 0 Å². The molecule has 0 unspecified atom stereocenters. The standard InChI is InChI=1S/C13H16N4O4/c14-13(19)8-1-4-11(17(20)21)10(7-8)15-6-5-12(18)16-9-2-3-9/h1,4,7,9,15H,2-3,5-6H2,(H2,14,19)(H,16,18). The van der Waals surface area contributed by atoms with Gasteiger partial charge in [-0.05, 0) is 25.0 Å². The molecule has 0 aliphatic heterocycles. The minimum Gasteiger partial charge on any atom is -0.379 e. The zero-order chi connectivity index (χ0) is 15.4. The summed E-state index contributed by atoms with van der Waals surface area (Å²) in [6.07, 6.45) is 2.21. The van der Waals surface area contributed by atoms with Gasteiger partial charge in [0.1, 0.15) is 5.69 Å². The first-order chi connectivity index (χ1) is 9.97. The van der Waals surface area contributed by atoms with Gasteiger partial charge < -0.3 is 16.4 Å². The molecule has 0 saturated heterocycles. The molecular formula is C13H16N4O4. The molecule has 0 radical (unpaired) electrons. The Kier molecular flexibility index (Phi) is 4.36. The van der Waals surface area contributed by atoms with Gasteiger partial charge in [0.15, 0.2) is 0 Å². The van der Waals surface area contributed by atoms with E-state index in [9.17, 15) is 19.7 Å². The molecule has 0 spiro atoms. The van der Waals surface area contributed by atoms with Crippen LogP contribution < -0.4 is 16.4 Å². The number of hydrogen-bond acceptors (Lipinski definition) is 5. The molecule has 21 heavy (non-hydrogen) atoms. The van der Waals surface area contributed by atoms with E-state index in [1.54, 1.807) is 0 Å². The first-order valence-electron chi connectivity index (χ1n) is 6.59. The second-order valence-electron chi connectivity index (χ2n) is 4.87. The number of amides is 2. The number of nitro benzene ring substituents is 1. The number of nitrogens with two attached hydrogens (primary N) is 1. The van der Waals surface area contributed by atoms with E-state index in [-0.39, 0.29) is 41.9 Å². The van der Waals surface area contributed by atoms with Gasteiger partial charge in [0, 0.05) is 30.6 Å². The number of nitro groups is 1. The van der Waals surface area contributed by atoms with Crippen LogP contribution in [0.2, 0.25) is 0 Å². The fourth-order valence-electron chi connectivity index (χ4n) is 1.83. The highest BCUT2D eigenvalue weighted by Gasteiger charge is 2.23. The summed E-state index contributed by atoms with van der Waals surface area (Å²) >= 11 is 0. The predicted molar refractivity (Wildman–Crippen MR) is 75.9 cm³/mol. The zero-order valence-corrected chi connectivity index (χ0v) is 11.3. The quantitative estimate of drug-likeness (QED) is 0.505. The summed E-state index contributed by atoms with van der Waals surface area (Å²) in [6, 6.07) is 4.11. The largest absolute Gasteiger partial charge is 0.379 e.